The summed E-state index contributed by atoms with van der Waals surface area (Å²) in [5.74, 6) is 0.873. The van der Waals surface area contributed by atoms with Gasteiger partial charge in [-0.25, -0.2) is 4.98 Å². The second-order valence-corrected chi connectivity index (χ2v) is 5.67. The first-order chi connectivity index (χ1) is 7.90. The first-order valence-electron chi connectivity index (χ1n) is 6.52. The van der Waals surface area contributed by atoms with Crippen molar-refractivity contribution < 1.29 is 0 Å². The molecule has 0 aromatic carbocycles. The highest BCUT2D eigenvalue weighted by Gasteiger charge is 2.23. The third kappa shape index (κ3) is 3.29. The van der Waals surface area contributed by atoms with Crippen molar-refractivity contribution in [1.82, 2.24) is 10.3 Å². The number of nitrogens with one attached hydrogen (secondary N) is 1. The molecule has 0 radical (unpaired) electrons. The van der Waals surface area contributed by atoms with E-state index in [1.54, 1.807) is 11.3 Å². The van der Waals surface area contributed by atoms with Crippen LogP contribution in [0.25, 0.3) is 0 Å². The summed E-state index contributed by atoms with van der Waals surface area (Å²) in [4.78, 5) is 4.41. The van der Waals surface area contributed by atoms with E-state index in [0.717, 1.165) is 18.9 Å². The van der Waals surface area contributed by atoms with Gasteiger partial charge in [-0.1, -0.05) is 26.2 Å². The molecule has 1 fully saturated rings. The van der Waals surface area contributed by atoms with E-state index in [0.29, 0.717) is 6.04 Å². The summed E-state index contributed by atoms with van der Waals surface area (Å²) in [7, 11) is 0. The van der Waals surface area contributed by atoms with Crippen molar-refractivity contribution in [1.29, 1.82) is 0 Å². The van der Waals surface area contributed by atoms with Gasteiger partial charge >= 0.3 is 0 Å². The summed E-state index contributed by atoms with van der Waals surface area (Å²) in [6.45, 7) is 3.28. The number of nitrogens with zero attached hydrogens (tertiary/aromatic N) is 1. The third-order valence-electron chi connectivity index (χ3n) is 3.56. The SMILES string of the molecule is CCNC(Cc1nccs1)C1CCCCC1. The van der Waals surface area contributed by atoms with Gasteiger partial charge in [0.2, 0.25) is 0 Å². The quantitative estimate of drug-likeness (QED) is 0.852. The van der Waals surface area contributed by atoms with Crippen LogP contribution >= 0.6 is 11.3 Å². The first kappa shape index (κ1) is 12.1. The van der Waals surface area contributed by atoms with E-state index in [9.17, 15) is 0 Å². The van der Waals surface area contributed by atoms with Crippen LogP contribution in [0, 0.1) is 5.92 Å². The van der Waals surface area contributed by atoms with Gasteiger partial charge in [0.25, 0.3) is 0 Å². The molecule has 1 aliphatic carbocycles. The molecule has 90 valence electrons. The number of rotatable bonds is 5. The molecular weight excluding hydrogens is 216 g/mol. The molecule has 1 aromatic rings. The molecule has 0 saturated heterocycles. The Bertz CT molecular complexity index is 278. The van der Waals surface area contributed by atoms with E-state index in [-0.39, 0.29) is 0 Å². The number of thiazole rings is 1. The minimum atomic E-state index is 0.649. The standard InChI is InChI=1S/C13H22N2S/c1-2-14-12(10-13-15-8-9-16-13)11-6-4-3-5-7-11/h8-9,11-12,14H,2-7,10H2,1H3. The molecule has 1 N–H and O–H groups in total. The number of aromatic nitrogens is 1. The third-order valence-corrected chi connectivity index (χ3v) is 4.37. The van der Waals surface area contributed by atoms with Crippen LogP contribution in [0.3, 0.4) is 0 Å². The lowest BCUT2D eigenvalue weighted by atomic mass is 9.83. The maximum absolute atomic E-state index is 4.41. The number of hydrogen-bond acceptors (Lipinski definition) is 3. The highest BCUT2D eigenvalue weighted by Crippen LogP contribution is 2.28. The molecule has 2 nitrogen and oxygen atoms in total. The van der Waals surface area contributed by atoms with Crippen LogP contribution in [0.4, 0.5) is 0 Å². The largest absolute Gasteiger partial charge is 0.314 e. The van der Waals surface area contributed by atoms with Crippen LogP contribution in [0.2, 0.25) is 0 Å². The fraction of sp³-hybridized carbons (Fsp3) is 0.769. The van der Waals surface area contributed by atoms with Crippen LogP contribution < -0.4 is 5.32 Å². The van der Waals surface area contributed by atoms with Gasteiger partial charge in [0, 0.05) is 24.0 Å². The zero-order valence-electron chi connectivity index (χ0n) is 10.1. The topological polar surface area (TPSA) is 24.9 Å². The highest BCUT2D eigenvalue weighted by atomic mass is 32.1. The minimum absolute atomic E-state index is 0.649. The molecule has 1 unspecified atom stereocenters. The van der Waals surface area contributed by atoms with Gasteiger partial charge in [0.05, 0.1) is 5.01 Å². The Hall–Kier alpha value is -0.410. The summed E-state index contributed by atoms with van der Waals surface area (Å²) in [5.41, 5.74) is 0. The fourth-order valence-corrected chi connectivity index (χ4v) is 3.42. The lowest BCUT2D eigenvalue weighted by molar-refractivity contribution is 0.269. The smallest absolute Gasteiger partial charge is 0.0940 e. The van der Waals surface area contributed by atoms with Crippen LogP contribution in [-0.2, 0) is 6.42 Å². The molecule has 3 heteroatoms. The summed E-state index contributed by atoms with van der Waals surface area (Å²) >= 11 is 1.79. The van der Waals surface area contributed by atoms with Gasteiger partial charge < -0.3 is 5.32 Å². The maximum Gasteiger partial charge on any atom is 0.0940 e. The Morgan fingerprint density at radius 1 is 1.44 bits per heavy atom. The van der Waals surface area contributed by atoms with E-state index < -0.39 is 0 Å². The van der Waals surface area contributed by atoms with Gasteiger partial charge in [-0.05, 0) is 25.3 Å². The molecule has 0 amide bonds. The van der Waals surface area contributed by atoms with E-state index in [2.05, 4.69) is 22.6 Å². The van der Waals surface area contributed by atoms with Gasteiger partial charge in [0.1, 0.15) is 0 Å². The molecule has 0 aliphatic heterocycles. The van der Waals surface area contributed by atoms with E-state index in [1.807, 2.05) is 6.20 Å². The Kier molecular flexibility index (Phi) is 4.79. The Morgan fingerprint density at radius 2 is 2.25 bits per heavy atom. The number of hydrogen-bond donors (Lipinski definition) is 1. The first-order valence-corrected chi connectivity index (χ1v) is 7.40. The number of likely N-dealkylation sites (N-methyl/N-ethyl adjacent to an activating group) is 1. The lowest BCUT2D eigenvalue weighted by Crippen LogP contribution is -2.38. The molecule has 1 aromatic heterocycles. The van der Waals surface area contributed by atoms with Gasteiger partial charge in [-0.3, -0.25) is 0 Å². The second-order valence-electron chi connectivity index (χ2n) is 4.69. The van der Waals surface area contributed by atoms with Crippen LogP contribution in [-0.4, -0.2) is 17.6 Å². The summed E-state index contributed by atoms with van der Waals surface area (Å²) in [6, 6.07) is 0.649. The predicted octanol–water partition coefficient (Wildman–Crippen LogP) is 3.24. The molecule has 1 atom stereocenters. The van der Waals surface area contributed by atoms with Crippen molar-refractivity contribution in [2.24, 2.45) is 5.92 Å². The average Bonchev–Trinajstić information content (AvgIpc) is 2.83. The molecule has 0 spiro atoms. The average molecular weight is 238 g/mol. The van der Waals surface area contributed by atoms with Crippen molar-refractivity contribution in [2.75, 3.05) is 6.54 Å². The molecule has 1 heterocycles. The van der Waals surface area contributed by atoms with Gasteiger partial charge in [0.15, 0.2) is 0 Å². The van der Waals surface area contributed by atoms with Crippen LogP contribution in [0.15, 0.2) is 11.6 Å². The van der Waals surface area contributed by atoms with Crippen molar-refractivity contribution in [2.45, 2.75) is 51.5 Å². The molecule has 1 aliphatic rings. The van der Waals surface area contributed by atoms with E-state index in [1.165, 1.54) is 37.1 Å². The highest BCUT2D eigenvalue weighted by molar-refractivity contribution is 7.09. The molecule has 1 saturated carbocycles. The molecule has 2 rings (SSSR count). The van der Waals surface area contributed by atoms with Crippen molar-refractivity contribution in [3.63, 3.8) is 0 Å². The Morgan fingerprint density at radius 3 is 2.88 bits per heavy atom. The normalized spacial score (nSPS) is 19.8. The summed E-state index contributed by atoms with van der Waals surface area (Å²) < 4.78 is 0. The van der Waals surface area contributed by atoms with Crippen LogP contribution in [0.5, 0.6) is 0 Å². The zero-order chi connectivity index (χ0) is 11.2. The van der Waals surface area contributed by atoms with E-state index in [4.69, 9.17) is 0 Å². The Balaban J connectivity index is 1.92. The lowest BCUT2D eigenvalue weighted by Gasteiger charge is -2.30. The monoisotopic (exact) mass is 238 g/mol. The van der Waals surface area contributed by atoms with Crippen molar-refractivity contribution in [3.05, 3.63) is 16.6 Å². The van der Waals surface area contributed by atoms with Crippen molar-refractivity contribution >= 4 is 11.3 Å². The predicted molar refractivity (Wildman–Crippen MR) is 69.9 cm³/mol. The minimum Gasteiger partial charge on any atom is -0.314 e. The maximum atomic E-state index is 4.41. The second kappa shape index (κ2) is 6.36. The van der Waals surface area contributed by atoms with Crippen LogP contribution in [0.1, 0.15) is 44.0 Å². The van der Waals surface area contributed by atoms with Gasteiger partial charge in [-0.2, -0.15) is 0 Å². The summed E-state index contributed by atoms with van der Waals surface area (Å²) in [6.07, 6.45) is 10.1. The van der Waals surface area contributed by atoms with E-state index >= 15 is 0 Å². The summed E-state index contributed by atoms with van der Waals surface area (Å²) in [5, 5.41) is 7.03. The fourth-order valence-electron chi connectivity index (χ4n) is 2.75. The van der Waals surface area contributed by atoms with Gasteiger partial charge in [-0.15, -0.1) is 11.3 Å². The molecule has 0 bridgehead atoms. The molecular formula is C13H22N2S. The molecule has 16 heavy (non-hydrogen) atoms. The zero-order valence-corrected chi connectivity index (χ0v) is 10.9. The Labute approximate surface area is 102 Å². The van der Waals surface area contributed by atoms with Crippen molar-refractivity contribution in [3.8, 4) is 0 Å².